The molecule has 5 heteroatoms. The van der Waals surface area contributed by atoms with Gasteiger partial charge in [0.2, 0.25) is 5.88 Å². The summed E-state index contributed by atoms with van der Waals surface area (Å²) in [5, 5.41) is 7.92. The van der Waals surface area contributed by atoms with E-state index in [0.29, 0.717) is 0 Å². The van der Waals surface area contributed by atoms with Crippen LogP contribution in [0.15, 0.2) is 30.3 Å². The Bertz CT molecular complexity index is 615. The van der Waals surface area contributed by atoms with E-state index in [-0.39, 0.29) is 6.10 Å². The Morgan fingerprint density at radius 3 is 2.50 bits per heavy atom. The number of rotatable bonds is 4. The second kappa shape index (κ2) is 6.40. The first-order chi connectivity index (χ1) is 10.7. The summed E-state index contributed by atoms with van der Waals surface area (Å²) in [6, 6.07) is 10.1. The average molecular weight is 300 g/mol. The second-order valence-corrected chi connectivity index (χ2v) is 5.90. The second-order valence-electron chi connectivity index (χ2n) is 5.90. The minimum absolute atomic E-state index is 0.263. The van der Waals surface area contributed by atoms with Crippen molar-refractivity contribution in [3.8, 4) is 11.6 Å². The van der Waals surface area contributed by atoms with Crippen LogP contribution in [-0.4, -0.2) is 48.0 Å². The van der Waals surface area contributed by atoms with E-state index >= 15 is 0 Å². The lowest BCUT2D eigenvalue weighted by molar-refractivity contribution is 0.109. The Hall–Kier alpha value is -2.01. The predicted octanol–water partition coefficient (Wildman–Crippen LogP) is 2.70. The third-order valence-electron chi connectivity index (χ3n) is 4.26. The zero-order valence-corrected chi connectivity index (χ0v) is 13.5. The molecule has 0 aliphatic carbocycles. The molecule has 2 heterocycles. The summed E-state index contributed by atoms with van der Waals surface area (Å²) in [5.74, 6) is 1.72. The number of nitrogens with one attached hydrogen (secondary N) is 1. The molecule has 0 radical (unpaired) electrons. The number of hydrogen-bond acceptors (Lipinski definition) is 4. The third-order valence-corrected chi connectivity index (χ3v) is 4.26. The van der Waals surface area contributed by atoms with E-state index in [1.807, 2.05) is 42.1 Å². The van der Waals surface area contributed by atoms with Crippen LogP contribution in [0.25, 0.3) is 5.69 Å². The molecule has 1 fully saturated rings. The number of ether oxygens (including phenoxy) is 1. The van der Waals surface area contributed by atoms with E-state index in [1.54, 1.807) is 0 Å². The van der Waals surface area contributed by atoms with Crippen LogP contribution in [0.1, 0.15) is 18.4 Å². The fourth-order valence-electron chi connectivity index (χ4n) is 2.90. The molecule has 1 aliphatic heterocycles. The minimum atomic E-state index is 0.263. The van der Waals surface area contributed by atoms with E-state index in [9.17, 15) is 0 Å². The van der Waals surface area contributed by atoms with Crippen molar-refractivity contribution >= 4 is 5.82 Å². The van der Waals surface area contributed by atoms with Crippen molar-refractivity contribution in [3.05, 3.63) is 35.9 Å². The zero-order chi connectivity index (χ0) is 15.5. The topological polar surface area (TPSA) is 42.3 Å². The highest BCUT2D eigenvalue weighted by molar-refractivity contribution is 5.54. The Balaban J connectivity index is 1.85. The fraction of sp³-hybridized carbons (Fsp3) is 0.471. The molecule has 5 nitrogen and oxygen atoms in total. The van der Waals surface area contributed by atoms with E-state index in [2.05, 4.69) is 29.3 Å². The number of likely N-dealkylation sites (tertiary alicyclic amines) is 1. The molecule has 1 aromatic heterocycles. The lowest BCUT2D eigenvalue weighted by Crippen LogP contribution is -2.35. The molecule has 22 heavy (non-hydrogen) atoms. The highest BCUT2D eigenvalue weighted by atomic mass is 16.5. The van der Waals surface area contributed by atoms with Crippen LogP contribution in [0.4, 0.5) is 5.82 Å². The van der Waals surface area contributed by atoms with Crippen molar-refractivity contribution < 1.29 is 4.74 Å². The number of para-hydroxylation sites is 1. The average Bonchev–Trinajstić information content (AvgIpc) is 2.86. The Morgan fingerprint density at radius 1 is 1.18 bits per heavy atom. The monoisotopic (exact) mass is 300 g/mol. The van der Waals surface area contributed by atoms with E-state index < -0.39 is 0 Å². The van der Waals surface area contributed by atoms with Gasteiger partial charge in [-0.3, -0.25) is 0 Å². The molecule has 2 aromatic rings. The molecule has 1 aliphatic rings. The first-order valence-corrected chi connectivity index (χ1v) is 7.87. The largest absolute Gasteiger partial charge is 0.473 e. The van der Waals surface area contributed by atoms with Gasteiger partial charge in [0.25, 0.3) is 0 Å². The van der Waals surface area contributed by atoms with E-state index in [4.69, 9.17) is 4.74 Å². The normalized spacial score (nSPS) is 16.7. The van der Waals surface area contributed by atoms with Crippen molar-refractivity contribution in [1.29, 1.82) is 0 Å². The van der Waals surface area contributed by atoms with Gasteiger partial charge in [-0.1, -0.05) is 18.2 Å². The molecule has 118 valence electrons. The van der Waals surface area contributed by atoms with Crippen molar-refractivity contribution in [2.75, 3.05) is 32.5 Å². The van der Waals surface area contributed by atoms with Crippen molar-refractivity contribution in [2.24, 2.45) is 0 Å². The van der Waals surface area contributed by atoms with Crippen molar-refractivity contribution in [3.63, 3.8) is 0 Å². The maximum absolute atomic E-state index is 6.18. The minimum Gasteiger partial charge on any atom is -0.473 e. The summed E-state index contributed by atoms with van der Waals surface area (Å²) in [6.07, 6.45) is 2.38. The number of piperidine rings is 1. The smallest absolute Gasteiger partial charge is 0.238 e. The molecular weight excluding hydrogens is 276 g/mol. The molecule has 0 bridgehead atoms. The first-order valence-electron chi connectivity index (χ1n) is 7.87. The maximum atomic E-state index is 6.18. The lowest BCUT2D eigenvalue weighted by Gasteiger charge is -2.28. The molecule has 0 atom stereocenters. The Morgan fingerprint density at radius 2 is 1.86 bits per heavy atom. The van der Waals surface area contributed by atoms with E-state index in [0.717, 1.165) is 48.9 Å². The maximum Gasteiger partial charge on any atom is 0.238 e. The summed E-state index contributed by atoms with van der Waals surface area (Å²) in [7, 11) is 4.08. The molecule has 1 saturated heterocycles. The van der Waals surface area contributed by atoms with Crippen LogP contribution < -0.4 is 10.1 Å². The molecule has 0 spiro atoms. The number of aromatic nitrogens is 2. The van der Waals surface area contributed by atoms with Gasteiger partial charge in [0, 0.05) is 20.1 Å². The zero-order valence-electron chi connectivity index (χ0n) is 13.5. The molecule has 1 N–H and O–H groups in total. The quantitative estimate of drug-likeness (QED) is 0.943. The van der Waals surface area contributed by atoms with Crippen LogP contribution in [0.5, 0.6) is 5.88 Å². The molecule has 0 saturated carbocycles. The highest BCUT2D eigenvalue weighted by Gasteiger charge is 2.22. The van der Waals surface area contributed by atoms with E-state index in [1.165, 1.54) is 0 Å². The van der Waals surface area contributed by atoms with Gasteiger partial charge in [-0.15, -0.1) is 5.10 Å². The Labute approximate surface area is 131 Å². The fourth-order valence-corrected chi connectivity index (χ4v) is 2.90. The highest BCUT2D eigenvalue weighted by Crippen LogP contribution is 2.29. The van der Waals surface area contributed by atoms with Gasteiger partial charge < -0.3 is 15.0 Å². The number of benzene rings is 1. The molecular formula is C17H24N4O. The van der Waals surface area contributed by atoms with Gasteiger partial charge in [-0.2, -0.15) is 0 Å². The predicted molar refractivity (Wildman–Crippen MR) is 89.0 cm³/mol. The molecule has 1 aromatic carbocycles. The van der Waals surface area contributed by atoms with Gasteiger partial charge in [-0.05, 0) is 38.9 Å². The van der Waals surface area contributed by atoms with Gasteiger partial charge in [0.15, 0.2) is 0 Å². The van der Waals surface area contributed by atoms with Gasteiger partial charge in [0.05, 0.1) is 11.3 Å². The summed E-state index contributed by atoms with van der Waals surface area (Å²) in [5.41, 5.74) is 2.10. The van der Waals surface area contributed by atoms with Crippen LogP contribution in [0, 0.1) is 6.92 Å². The lowest BCUT2D eigenvalue weighted by atomic mass is 10.1. The molecule has 0 amide bonds. The number of anilines is 1. The summed E-state index contributed by atoms with van der Waals surface area (Å²) < 4.78 is 8.10. The molecule has 3 rings (SSSR count). The third kappa shape index (κ3) is 2.95. The van der Waals surface area contributed by atoms with Gasteiger partial charge in [0.1, 0.15) is 11.9 Å². The van der Waals surface area contributed by atoms with Crippen LogP contribution >= 0.6 is 0 Å². The summed E-state index contributed by atoms with van der Waals surface area (Å²) in [6.45, 7) is 4.23. The van der Waals surface area contributed by atoms with Crippen LogP contribution in [-0.2, 0) is 0 Å². The first kappa shape index (κ1) is 14.9. The summed E-state index contributed by atoms with van der Waals surface area (Å²) in [4.78, 5) is 2.34. The summed E-state index contributed by atoms with van der Waals surface area (Å²) >= 11 is 0. The molecule has 0 unspecified atom stereocenters. The van der Waals surface area contributed by atoms with Gasteiger partial charge in [-0.25, -0.2) is 4.68 Å². The van der Waals surface area contributed by atoms with Crippen LogP contribution in [0.3, 0.4) is 0 Å². The van der Waals surface area contributed by atoms with Crippen molar-refractivity contribution in [1.82, 2.24) is 14.7 Å². The Kier molecular flexibility index (Phi) is 4.34. The van der Waals surface area contributed by atoms with Crippen molar-refractivity contribution in [2.45, 2.75) is 25.9 Å². The number of nitrogens with zero attached hydrogens (tertiary/aromatic N) is 3. The van der Waals surface area contributed by atoms with Gasteiger partial charge >= 0.3 is 0 Å². The number of hydrogen-bond donors (Lipinski definition) is 1. The standard InChI is InChI=1S/C17H24N4O/c1-13-16(18-2)21(14-7-5-4-6-8-14)19-17(13)22-15-9-11-20(3)12-10-15/h4-8,15,18H,9-12H2,1-3H3. The van der Waals surface area contributed by atoms with Crippen LogP contribution in [0.2, 0.25) is 0 Å². The SMILES string of the molecule is CNc1c(C)c(OC2CCN(C)CC2)nn1-c1ccccc1.